The van der Waals surface area contributed by atoms with Crippen LogP contribution in [0.2, 0.25) is 0 Å². The average Bonchev–Trinajstić information content (AvgIpc) is 2.22. The molecule has 0 N–H and O–H groups in total. The molecule has 0 aliphatic heterocycles. The highest BCUT2D eigenvalue weighted by atomic mass is 15.1. The maximum absolute atomic E-state index is 3.97. The maximum Gasteiger partial charge on any atom is 0.0322 e. The number of likely N-dealkylation sites (N-methyl/N-ethyl adjacent to an activating group) is 1. The third-order valence-electron chi connectivity index (χ3n) is 2.52. The Hall–Kier alpha value is -1.08. The van der Waals surface area contributed by atoms with Crippen LogP contribution in [0.5, 0.6) is 0 Å². The molecule has 78 valence electrons. The Balaban J connectivity index is 4.83. The highest BCUT2D eigenvalue weighted by Gasteiger charge is 2.13. The number of hydrogen-bond donors (Lipinski definition) is 0. The van der Waals surface area contributed by atoms with Gasteiger partial charge in [-0.3, -0.25) is 4.90 Å². The third-order valence-corrected chi connectivity index (χ3v) is 2.52. The summed E-state index contributed by atoms with van der Waals surface area (Å²) in [6.45, 7) is 16.7. The van der Waals surface area contributed by atoms with Crippen LogP contribution >= 0.6 is 0 Å². The third kappa shape index (κ3) is 3.35. The average molecular weight is 191 g/mol. The molecule has 0 fully saturated rings. The first kappa shape index (κ1) is 12.9. The molecule has 0 aliphatic rings. The van der Waals surface area contributed by atoms with Crippen molar-refractivity contribution < 1.29 is 0 Å². The van der Waals surface area contributed by atoms with Gasteiger partial charge >= 0.3 is 0 Å². The Morgan fingerprint density at radius 2 is 2.00 bits per heavy atom. The Labute approximate surface area is 88.1 Å². The summed E-state index contributed by atoms with van der Waals surface area (Å²) in [5, 5.41) is 0. The largest absolute Gasteiger partial charge is 0.300 e. The van der Waals surface area contributed by atoms with E-state index >= 15 is 0 Å². The fraction of sp³-hybridized carbons (Fsp3) is 0.385. The highest BCUT2D eigenvalue weighted by molar-refractivity contribution is 5.41. The summed E-state index contributed by atoms with van der Waals surface area (Å²) in [7, 11) is 2.10. The van der Waals surface area contributed by atoms with E-state index in [0.717, 1.165) is 12.1 Å². The maximum atomic E-state index is 3.97. The van der Waals surface area contributed by atoms with Gasteiger partial charge in [0.2, 0.25) is 0 Å². The lowest BCUT2D eigenvalue weighted by Gasteiger charge is -2.26. The molecule has 1 nitrogen and oxygen atoms in total. The van der Waals surface area contributed by atoms with Crippen molar-refractivity contribution in [1.82, 2.24) is 4.90 Å². The lowest BCUT2D eigenvalue weighted by molar-refractivity contribution is 0.305. The molecule has 0 aromatic rings. The van der Waals surface area contributed by atoms with E-state index in [1.165, 1.54) is 5.57 Å². The molecule has 0 spiro atoms. The minimum Gasteiger partial charge on any atom is -0.300 e. The molecule has 0 aromatic carbocycles. The van der Waals surface area contributed by atoms with Crippen LogP contribution in [-0.2, 0) is 0 Å². The van der Waals surface area contributed by atoms with Gasteiger partial charge in [-0.2, -0.15) is 0 Å². The molecule has 14 heavy (non-hydrogen) atoms. The lowest BCUT2D eigenvalue weighted by Crippen LogP contribution is -2.30. The van der Waals surface area contributed by atoms with E-state index in [2.05, 4.69) is 45.5 Å². The van der Waals surface area contributed by atoms with Crippen LogP contribution < -0.4 is 0 Å². The summed E-state index contributed by atoms with van der Waals surface area (Å²) < 4.78 is 0. The van der Waals surface area contributed by atoms with Gasteiger partial charge in [-0.15, -0.1) is 0 Å². The van der Waals surface area contributed by atoms with Gasteiger partial charge in [-0.1, -0.05) is 44.9 Å². The summed E-state index contributed by atoms with van der Waals surface area (Å²) in [4.78, 5) is 2.25. The van der Waals surface area contributed by atoms with Crippen molar-refractivity contribution in [3.63, 3.8) is 0 Å². The van der Waals surface area contributed by atoms with Gasteiger partial charge in [0, 0.05) is 6.04 Å². The number of hydrogen-bond acceptors (Lipinski definition) is 1. The SMILES string of the molecule is C=C/C=C(\C(=C)C=C)C(C)N(C)CC. The number of allylic oxidation sites excluding steroid dienone is 3. The summed E-state index contributed by atoms with van der Waals surface area (Å²) in [5.74, 6) is 0. The van der Waals surface area contributed by atoms with E-state index in [4.69, 9.17) is 0 Å². The van der Waals surface area contributed by atoms with Gasteiger partial charge < -0.3 is 0 Å². The first-order valence-corrected chi connectivity index (χ1v) is 4.93. The molecular formula is C13H21N. The quantitative estimate of drug-likeness (QED) is 0.583. The van der Waals surface area contributed by atoms with E-state index < -0.39 is 0 Å². The molecule has 0 aromatic heterocycles. The van der Waals surface area contributed by atoms with Crippen molar-refractivity contribution >= 4 is 0 Å². The molecule has 1 unspecified atom stereocenters. The van der Waals surface area contributed by atoms with Crippen LogP contribution in [0.4, 0.5) is 0 Å². The van der Waals surface area contributed by atoms with Gasteiger partial charge in [-0.25, -0.2) is 0 Å². The zero-order chi connectivity index (χ0) is 11.1. The fourth-order valence-corrected chi connectivity index (χ4v) is 1.27. The summed E-state index contributed by atoms with van der Waals surface area (Å²) >= 11 is 0. The zero-order valence-electron chi connectivity index (χ0n) is 9.59. The zero-order valence-corrected chi connectivity index (χ0v) is 9.59. The van der Waals surface area contributed by atoms with Gasteiger partial charge in [0.15, 0.2) is 0 Å². The van der Waals surface area contributed by atoms with E-state index in [1.807, 2.05) is 6.08 Å². The smallest absolute Gasteiger partial charge is 0.0322 e. The molecule has 0 radical (unpaired) electrons. The van der Waals surface area contributed by atoms with Crippen LogP contribution in [0, 0.1) is 0 Å². The fourth-order valence-electron chi connectivity index (χ4n) is 1.27. The Morgan fingerprint density at radius 1 is 1.43 bits per heavy atom. The molecule has 1 heteroatoms. The molecule has 1 atom stereocenters. The van der Waals surface area contributed by atoms with Gasteiger partial charge in [0.1, 0.15) is 0 Å². The second kappa shape index (κ2) is 6.39. The van der Waals surface area contributed by atoms with Crippen LogP contribution in [-0.4, -0.2) is 24.5 Å². The monoisotopic (exact) mass is 191 g/mol. The summed E-state index contributed by atoms with van der Waals surface area (Å²) in [5.41, 5.74) is 2.15. The van der Waals surface area contributed by atoms with Crippen molar-refractivity contribution in [3.05, 3.63) is 49.1 Å². The molecule has 0 saturated heterocycles. The van der Waals surface area contributed by atoms with E-state index in [0.29, 0.717) is 6.04 Å². The second-order valence-electron chi connectivity index (χ2n) is 3.34. The molecule has 0 rings (SSSR count). The highest BCUT2D eigenvalue weighted by Crippen LogP contribution is 2.17. The minimum absolute atomic E-state index is 0.350. The van der Waals surface area contributed by atoms with E-state index in [1.54, 1.807) is 12.2 Å². The van der Waals surface area contributed by atoms with Crippen LogP contribution in [0.3, 0.4) is 0 Å². The van der Waals surface area contributed by atoms with Gasteiger partial charge in [0.05, 0.1) is 0 Å². The molecule has 0 aliphatic carbocycles. The van der Waals surface area contributed by atoms with Gasteiger partial charge in [-0.05, 0) is 31.7 Å². The van der Waals surface area contributed by atoms with Crippen molar-refractivity contribution in [2.24, 2.45) is 0 Å². The second-order valence-corrected chi connectivity index (χ2v) is 3.34. The Morgan fingerprint density at radius 3 is 2.36 bits per heavy atom. The van der Waals surface area contributed by atoms with Crippen molar-refractivity contribution in [2.75, 3.05) is 13.6 Å². The summed E-state index contributed by atoms with van der Waals surface area (Å²) in [6, 6.07) is 0.350. The molecule has 0 saturated carbocycles. The molecule has 0 amide bonds. The topological polar surface area (TPSA) is 3.24 Å². The molecule has 0 bridgehead atoms. The lowest BCUT2D eigenvalue weighted by atomic mass is 9.99. The molecule has 0 heterocycles. The first-order chi connectivity index (χ1) is 6.58. The Bertz CT molecular complexity index is 248. The van der Waals surface area contributed by atoms with E-state index in [-0.39, 0.29) is 0 Å². The number of rotatable bonds is 6. The van der Waals surface area contributed by atoms with E-state index in [9.17, 15) is 0 Å². The summed E-state index contributed by atoms with van der Waals surface area (Å²) in [6.07, 6.45) is 5.58. The predicted molar refractivity (Wildman–Crippen MR) is 65.4 cm³/mol. The van der Waals surface area contributed by atoms with Crippen LogP contribution in [0.1, 0.15) is 13.8 Å². The van der Waals surface area contributed by atoms with Crippen molar-refractivity contribution in [1.29, 1.82) is 0 Å². The minimum atomic E-state index is 0.350. The molecular weight excluding hydrogens is 170 g/mol. The standard InChI is InChI=1S/C13H21N/c1-7-10-13(11(4)8-2)12(5)14(6)9-3/h7-8,10,12H,1-2,4,9H2,3,5-6H3/b13-10+. The Kier molecular flexibility index (Phi) is 5.89. The first-order valence-electron chi connectivity index (χ1n) is 4.93. The van der Waals surface area contributed by atoms with Gasteiger partial charge in [0.25, 0.3) is 0 Å². The van der Waals surface area contributed by atoms with Crippen LogP contribution in [0.15, 0.2) is 49.1 Å². The van der Waals surface area contributed by atoms with Crippen molar-refractivity contribution in [3.8, 4) is 0 Å². The normalized spacial score (nSPS) is 13.9. The van der Waals surface area contributed by atoms with Crippen molar-refractivity contribution in [2.45, 2.75) is 19.9 Å². The number of nitrogens with zero attached hydrogens (tertiary/aromatic N) is 1. The van der Waals surface area contributed by atoms with Crippen LogP contribution in [0.25, 0.3) is 0 Å². The predicted octanol–water partition coefficient (Wildman–Crippen LogP) is 3.18.